The van der Waals surface area contributed by atoms with Crippen molar-refractivity contribution < 1.29 is 14.2 Å². The van der Waals surface area contributed by atoms with E-state index in [-0.39, 0.29) is 17.7 Å². The molecule has 1 fully saturated rings. The minimum atomic E-state index is -1.03. The first-order valence-corrected chi connectivity index (χ1v) is 10.5. The third-order valence-electron chi connectivity index (χ3n) is 5.64. The van der Waals surface area contributed by atoms with E-state index in [0.29, 0.717) is 29.8 Å². The van der Waals surface area contributed by atoms with E-state index in [1.54, 1.807) is 24.3 Å². The number of phenolic OH excluding ortho intramolecular Hbond substituents is 1. The van der Waals surface area contributed by atoms with Crippen molar-refractivity contribution in [2.45, 2.75) is 50.9 Å². The van der Waals surface area contributed by atoms with Crippen LogP contribution >= 0.6 is 0 Å². The molecule has 3 aromatic rings. The maximum atomic E-state index is 14.5. The van der Waals surface area contributed by atoms with Gasteiger partial charge in [0.05, 0.1) is 17.1 Å². The fourth-order valence-corrected chi connectivity index (χ4v) is 3.82. The van der Waals surface area contributed by atoms with Crippen molar-refractivity contribution in [3.63, 3.8) is 0 Å². The molecule has 8 heteroatoms. The van der Waals surface area contributed by atoms with Gasteiger partial charge in [-0.2, -0.15) is 10.2 Å². The molecule has 3 atom stereocenters. The maximum absolute atomic E-state index is 14.5. The molecule has 0 amide bonds. The average Bonchev–Trinajstić information content (AvgIpc) is 2.96. The predicted octanol–water partition coefficient (Wildman–Crippen LogP) is 3.86. The lowest BCUT2D eigenvalue weighted by atomic mass is 10.0. The summed E-state index contributed by atoms with van der Waals surface area (Å²) < 4.78 is 20.3. The van der Waals surface area contributed by atoms with E-state index in [4.69, 9.17) is 4.74 Å². The molecule has 31 heavy (non-hydrogen) atoms. The summed E-state index contributed by atoms with van der Waals surface area (Å²) in [4.78, 5) is 0. The highest BCUT2D eigenvalue weighted by Gasteiger charge is 2.29. The van der Waals surface area contributed by atoms with Crippen molar-refractivity contribution in [1.29, 1.82) is 0 Å². The van der Waals surface area contributed by atoms with E-state index in [1.807, 2.05) is 32.2 Å². The van der Waals surface area contributed by atoms with E-state index < -0.39 is 12.3 Å². The highest BCUT2D eigenvalue weighted by atomic mass is 19.1. The molecule has 162 valence electrons. The van der Waals surface area contributed by atoms with E-state index >= 15 is 0 Å². The van der Waals surface area contributed by atoms with Crippen molar-refractivity contribution >= 4 is 0 Å². The van der Waals surface area contributed by atoms with E-state index in [9.17, 15) is 9.50 Å². The molecule has 2 unspecified atom stereocenters. The summed E-state index contributed by atoms with van der Waals surface area (Å²) in [5.74, 6) is 0.339. The molecule has 1 aliphatic carbocycles. The molecule has 1 saturated carbocycles. The number of benzene rings is 1. The van der Waals surface area contributed by atoms with Gasteiger partial charge in [-0.05, 0) is 63.6 Å². The molecule has 0 bridgehead atoms. The average molecular weight is 423 g/mol. The van der Waals surface area contributed by atoms with Crippen LogP contribution in [-0.2, 0) is 0 Å². The van der Waals surface area contributed by atoms with E-state index in [0.717, 1.165) is 24.1 Å². The summed E-state index contributed by atoms with van der Waals surface area (Å²) in [6.07, 6.45) is 1.26. The van der Waals surface area contributed by atoms with Crippen molar-refractivity contribution in [2.24, 2.45) is 0 Å². The maximum Gasteiger partial charge on any atom is 0.233 e. The van der Waals surface area contributed by atoms with Gasteiger partial charge in [-0.3, -0.25) is 0 Å². The van der Waals surface area contributed by atoms with Crippen LogP contribution in [0.5, 0.6) is 11.6 Å². The van der Waals surface area contributed by atoms with Crippen LogP contribution in [0.3, 0.4) is 0 Å². The molecule has 0 aliphatic heterocycles. The van der Waals surface area contributed by atoms with Crippen LogP contribution in [0.25, 0.3) is 22.5 Å². The van der Waals surface area contributed by atoms with Crippen molar-refractivity contribution in [1.82, 2.24) is 25.7 Å². The highest BCUT2D eigenvalue weighted by molar-refractivity contribution is 5.72. The summed E-state index contributed by atoms with van der Waals surface area (Å²) >= 11 is 0. The number of halogens is 1. The number of rotatable bonds is 5. The van der Waals surface area contributed by atoms with Gasteiger partial charge in [-0.25, -0.2) is 4.39 Å². The first-order chi connectivity index (χ1) is 15.0. The Morgan fingerprint density at radius 1 is 1.00 bits per heavy atom. The minimum absolute atomic E-state index is 0.0623. The molecule has 4 rings (SSSR count). The van der Waals surface area contributed by atoms with Gasteiger partial charge in [0.1, 0.15) is 18.0 Å². The second-order valence-electron chi connectivity index (χ2n) is 7.87. The van der Waals surface area contributed by atoms with Gasteiger partial charge in [0.15, 0.2) is 0 Å². The standard InChI is InChI=1S/C23H26FN5O2/c1-14-6-9-19(27-26-14)15-7-8-17(21(30)12-15)20-10-11-23(29-28-20)31-22-13-16(25-2)4-3-5-18(22)24/h6-12,16,18,22,25,30H,3-5,13H2,1-2H3/t16?,18?,22-/m0/s1. The van der Waals surface area contributed by atoms with Crippen molar-refractivity contribution in [3.8, 4) is 34.1 Å². The number of aryl methyl sites for hydroxylation is 1. The number of nitrogens with one attached hydrogen (secondary N) is 1. The zero-order valence-electron chi connectivity index (χ0n) is 17.6. The summed E-state index contributed by atoms with van der Waals surface area (Å²) in [6.45, 7) is 1.87. The fraction of sp³-hybridized carbons (Fsp3) is 0.391. The number of alkyl halides is 1. The third kappa shape index (κ3) is 4.96. The molecule has 0 saturated heterocycles. The molecule has 7 nitrogen and oxygen atoms in total. The predicted molar refractivity (Wildman–Crippen MR) is 116 cm³/mol. The summed E-state index contributed by atoms with van der Waals surface area (Å²) in [5, 5.41) is 30.2. The zero-order chi connectivity index (χ0) is 21.8. The molecular weight excluding hydrogens is 397 g/mol. The Balaban J connectivity index is 1.49. The van der Waals surface area contributed by atoms with Gasteiger partial charge in [0.25, 0.3) is 0 Å². The smallest absolute Gasteiger partial charge is 0.233 e. The Kier molecular flexibility index (Phi) is 6.36. The SMILES string of the molecule is CNC1CCCC(F)[C@@H](Oc2ccc(-c3ccc(-c4ccc(C)nn4)cc3O)nn2)C1. The summed E-state index contributed by atoms with van der Waals surface area (Å²) in [7, 11) is 1.89. The van der Waals surface area contributed by atoms with Crippen LogP contribution in [0.1, 0.15) is 31.4 Å². The third-order valence-corrected chi connectivity index (χ3v) is 5.64. The summed E-state index contributed by atoms with van der Waals surface area (Å²) in [5.41, 5.74) is 3.29. The van der Waals surface area contributed by atoms with Gasteiger partial charge >= 0.3 is 0 Å². The van der Waals surface area contributed by atoms with Crippen molar-refractivity contribution in [2.75, 3.05) is 7.05 Å². The van der Waals surface area contributed by atoms with Crippen molar-refractivity contribution in [3.05, 3.63) is 48.2 Å². The van der Waals surface area contributed by atoms with Crippen LogP contribution in [0, 0.1) is 6.92 Å². The number of aromatic nitrogens is 4. The van der Waals surface area contributed by atoms with Gasteiger partial charge in [0.2, 0.25) is 5.88 Å². The second-order valence-corrected chi connectivity index (χ2v) is 7.87. The Labute approximate surface area is 180 Å². The number of nitrogens with zero attached hydrogens (tertiary/aromatic N) is 4. The monoisotopic (exact) mass is 423 g/mol. The molecule has 0 radical (unpaired) electrons. The van der Waals surface area contributed by atoms with Gasteiger partial charge in [-0.15, -0.1) is 10.2 Å². The Morgan fingerprint density at radius 3 is 2.48 bits per heavy atom. The summed E-state index contributed by atoms with van der Waals surface area (Å²) in [6, 6.07) is 12.5. The van der Waals surface area contributed by atoms with Gasteiger partial charge < -0.3 is 15.2 Å². The Bertz CT molecular complexity index is 1010. The molecule has 2 N–H and O–H groups in total. The lowest BCUT2D eigenvalue weighted by molar-refractivity contribution is 0.0837. The number of aromatic hydroxyl groups is 1. The molecule has 2 aromatic heterocycles. The second kappa shape index (κ2) is 9.34. The number of hydrogen-bond acceptors (Lipinski definition) is 7. The first-order valence-electron chi connectivity index (χ1n) is 10.5. The zero-order valence-corrected chi connectivity index (χ0v) is 17.6. The van der Waals surface area contributed by atoms with Crippen LogP contribution < -0.4 is 10.1 Å². The topological polar surface area (TPSA) is 93.0 Å². The first kappa shape index (κ1) is 21.1. The Morgan fingerprint density at radius 2 is 1.81 bits per heavy atom. The number of hydrogen-bond donors (Lipinski definition) is 2. The van der Waals surface area contributed by atoms with Crippen LogP contribution in [-0.4, -0.2) is 50.9 Å². The molecular formula is C23H26FN5O2. The normalized spacial score (nSPS) is 21.5. The fourth-order valence-electron chi connectivity index (χ4n) is 3.82. The van der Waals surface area contributed by atoms with E-state index in [1.165, 1.54) is 0 Å². The molecule has 0 spiro atoms. The number of ether oxygens (including phenoxy) is 1. The molecule has 1 aromatic carbocycles. The van der Waals surface area contributed by atoms with Crippen LogP contribution in [0.15, 0.2) is 42.5 Å². The Hall–Kier alpha value is -3.13. The van der Waals surface area contributed by atoms with Gasteiger partial charge in [0, 0.05) is 29.7 Å². The van der Waals surface area contributed by atoms with Gasteiger partial charge in [-0.1, -0.05) is 6.07 Å². The molecule has 1 aliphatic rings. The molecule has 2 heterocycles. The minimum Gasteiger partial charge on any atom is -0.507 e. The van der Waals surface area contributed by atoms with Crippen LogP contribution in [0.4, 0.5) is 4.39 Å². The lowest BCUT2D eigenvalue weighted by Gasteiger charge is -2.22. The largest absolute Gasteiger partial charge is 0.507 e. The highest BCUT2D eigenvalue weighted by Crippen LogP contribution is 2.32. The van der Waals surface area contributed by atoms with E-state index in [2.05, 4.69) is 25.7 Å². The lowest BCUT2D eigenvalue weighted by Crippen LogP contribution is -2.35. The van der Waals surface area contributed by atoms with Crippen LogP contribution in [0.2, 0.25) is 0 Å². The quantitative estimate of drug-likeness (QED) is 0.602. The number of phenols is 1.